The molecule has 0 saturated carbocycles. The lowest BCUT2D eigenvalue weighted by molar-refractivity contribution is -0.0426. The molecule has 1 unspecified atom stereocenters. The molecule has 1 atom stereocenters. The molecule has 2 nitrogen and oxygen atoms in total. The molecule has 1 aromatic rings. The van der Waals surface area contributed by atoms with Crippen LogP contribution < -0.4 is 0 Å². The standard InChI is InChI=1S/C14H18O2/c1-11-5-7-12(8-6-11)13(15)14(2)9-3-4-10-16-14/h5-8H,3-4,9-10H2,1-2H3. The fourth-order valence-electron chi connectivity index (χ4n) is 2.12. The van der Waals surface area contributed by atoms with Crippen LogP contribution in [0.3, 0.4) is 0 Å². The number of carbonyl (C=O) groups is 1. The van der Waals surface area contributed by atoms with Gasteiger partial charge in [0.1, 0.15) is 5.60 Å². The van der Waals surface area contributed by atoms with Crippen molar-refractivity contribution in [3.63, 3.8) is 0 Å². The van der Waals surface area contributed by atoms with Crippen molar-refractivity contribution in [1.29, 1.82) is 0 Å². The number of ether oxygens (including phenoxy) is 1. The monoisotopic (exact) mass is 218 g/mol. The SMILES string of the molecule is Cc1ccc(C(=O)C2(C)CCCCO2)cc1. The van der Waals surface area contributed by atoms with E-state index in [0.29, 0.717) is 6.61 Å². The molecule has 1 fully saturated rings. The Bertz CT molecular complexity index is 372. The van der Waals surface area contributed by atoms with E-state index < -0.39 is 5.60 Å². The van der Waals surface area contributed by atoms with E-state index in [1.165, 1.54) is 5.56 Å². The molecular weight excluding hydrogens is 200 g/mol. The zero-order valence-corrected chi connectivity index (χ0v) is 9.95. The minimum atomic E-state index is -0.604. The first-order valence-corrected chi connectivity index (χ1v) is 5.87. The van der Waals surface area contributed by atoms with E-state index in [-0.39, 0.29) is 5.78 Å². The van der Waals surface area contributed by atoms with Gasteiger partial charge < -0.3 is 4.74 Å². The topological polar surface area (TPSA) is 26.3 Å². The molecule has 0 N–H and O–H groups in total. The smallest absolute Gasteiger partial charge is 0.194 e. The predicted octanol–water partition coefficient (Wildman–Crippen LogP) is 3.14. The molecule has 0 spiro atoms. The lowest BCUT2D eigenvalue weighted by Crippen LogP contribution is -2.41. The Kier molecular flexibility index (Phi) is 3.10. The van der Waals surface area contributed by atoms with Gasteiger partial charge in [-0.1, -0.05) is 29.8 Å². The van der Waals surface area contributed by atoms with E-state index in [4.69, 9.17) is 4.74 Å². The van der Waals surface area contributed by atoms with Gasteiger partial charge in [-0.05, 0) is 33.1 Å². The second-order valence-corrected chi connectivity index (χ2v) is 4.73. The number of benzene rings is 1. The van der Waals surface area contributed by atoms with E-state index in [1.54, 1.807) is 0 Å². The third kappa shape index (κ3) is 2.17. The van der Waals surface area contributed by atoms with Crippen molar-refractivity contribution >= 4 is 5.78 Å². The van der Waals surface area contributed by atoms with Gasteiger partial charge in [0.25, 0.3) is 0 Å². The van der Waals surface area contributed by atoms with Gasteiger partial charge in [0.05, 0.1) is 0 Å². The van der Waals surface area contributed by atoms with Crippen LogP contribution in [0.1, 0.15) is 42.1 Å². The van der Waals surface area contributed by atoms with Crippen LogP contribution in [0.25, 0.3) is 0 Å². The van der Waals surface area contributed by atoms with E-state index >= 15 is 0 Å². The van der Waals surface area contributed by atoms with Crippen molar-refractivity contribution in [3.8, 4) is 0 Å². The van der Waals surface area contributed by atoms with E-state index in [0.717, 1.165) is 24.8 Å². The molecule has 1 heterocycles. The number of Topliss-reactive ketones (excluding diaryl/α,β-unsaturated/α-hetero) is 1. The highest BCUT2D eigenvalue weighted by Gasteiger charge is 2.36. The van der Waals surface area contributed by atoms with Crippen molar-refractivity contribution in [2.24, 2.45) is 0 Å². The van der Waals surface area contributed by atoms with E-state index in [1.807, 2.05) is 38.1 Å². The fraction of sp³-hybridized carbons (Fsp3) is 0.500. The highest BCUT2D eigenvalue weighted by molar-refractivity contribution is 6.02. The number of carbonyl (C=O) groups excluding carboxylic acids is 1. The minimum Gasteiger partial charge on any atom is -0.367 e. The molecule has 0 bridgehead atoms. The highest BCUT2D eigenvalue weighted by Crippen LogP contribution is 2.28. The van der Waals surface area contributed by atoms with Gasteiger partial charge >= 0.3 is 0 Å². The Balaban J connectivity index is 2.20. The van der Waals surface area contributed by atoms with Crippen LogP contribution in [-0.2, 0) is 4.74 Å². The molecule has 1 saturated heterocycles. The van der Waals surface area contributed by atoms with Crippen molar-refractivity contribution in [2.45, 2.75) is 38.7 Å². The van der Waals surface area contributed by atoms with Gasteiger partial charge in [0.2, 0.25) is 0 Å². The van der Waals surface area contributed by atoms with Crippen LogP contribution in [-0.4, -0.2) is 18.0 Å². The van der Waals surface area contributed by atoms with Gasteiger partial charge in [0, 0.05) is 12.2 Å². The fourth-order valence-corrected chi connectivity index (χ4v) is 2.12. The molecule has 2 heteroatoms. The Morgan fingerprint density at radius 1 is 1.25 bits per heavy atom. The first-order valence-electron chi connectivity index (χ1n) is 5.87. The van der Waals surface area contributed by atoms with Crippen molar-refractivity contribution < 1.29 is 9.53 Å². The summed E-state index contributed by atoms with van der Waals surface area (Å²) in [7, 11) is 0. The first-order chi connectivity index (χ1) is 7.62. The van der Waals surface area contributed by atoms with Crippen LogP contribution >= 0.6 is 0 Å². The lowest BCUT2D eigenvalue weighted by atomic mass is 9.87. The second-order valence-electron chi connectivity index (χ2n) is 4.73. The molecule has 1 aromatic carbocycles. The lowest BCUT2D eigenvalue weighted by Gasteiger charge is -2.32. The number of hydrogen-bond acceptors (Lipinski definition) is 2. The van der Waals surface area contributed by atoms with Gasteiger partial charge in [0.15, 0.2) is 5.78 Å². The third-order valence-corrected chi connectivity index (χ3v) is 3.26. The highest BCUT2D eigenvalue weighted by atomic mass is 16.5. The van der Waals surface area contributed by atoms with Gasteiger partial charge in [-0.2, -0.15) is 0 Å². The van der Waals surface area contributed by atoms with E-state index in [2.05, 4.69) is 0 Å². The molecule has 16 heavy (non-hydrogen) atoms. The summed E-state index contributed by atoms with van der Waals surface area (Å²) in [5.74, 6) is 0.118. The Morgan fingerprint density at radius 2 is 1.94 bits per heavy atom. The quantitative estimate of drug-likeness (QED) is 0.713. The van der Waals surface area contributed by atoms with Gasteiger partial charge in [-0.25, -0.2) is 0 Å². The zero-order chi connectivity index (χ0) is 11.6. The summed E-state index contributed by atoms with van der Waals surface area (Å²) in [5, 5.41) is 0. The van der Waals surface area contributed by atoms with Crippen molar-refractivity contribution in [2.75, 3.05) is 6.61 Å². The molecular formula is C14H18O2. The normalized spacial score (nSPS) is 25.4. The number of hydrogen-bond donors (Lipinski definition) is 0. The van der Waals surface area contributed by atoms with Crippen LogP contribution in [0.4, 0.5) is 0 Å². The Hall–Kier alpha value is -1.15. The molecule has 86 valence electrons. The number of rotatable bonds is 2. The van der Waals surface area contributed by atoms with Crippen LogP contribution in [0.5, 0.6) is 0 Å². The van der Waals surface area contributed by atoms with Crippen molar-refractivity contribution in [3.05, 3.63) is 35.4 Å². The Labute approximate surface area is 96.6 Å². The van der Waals surface area contributed by atoms with Crippen LogP contribution in [0.2, 0.25) is 0 Å². The first kappa shape index (κ1) is 11.3. The summed E-state index contributed by atoms with van der Waals surface area (Å²) < 4.78 is 5.66. The van der Waals surface area contributed by atoms with E-state index in [9.17, 15) is 4.79 Å². The van der Waals surface area contributed by atoms with Crippen LogP contribution in [0, 0.1) is 6.92 Å². The molecule has 2 rings (SSSR count). The summed E-state index contributed by atoms with van der Waals surface area (Å²) in [6.07, 6.45) is 2.98. The largest absolute Gasteiger partial charge is 0.367 e. The van der Waals surface area contributed by atoms with Crippen molar-refractivity contribution in [1.82, 2.24) is 0 Å². The Morgan fingerprint density at radius 3 is 2.50 bits per heavy atom. The maximum Gasteiger partial charge on any atom is 0.194 e. The average molecular weight is 218 g/mol. The molecule has 0 aliphatic carbocycles. The van der Waals surface area contributed by atoms with Crippen LogP contribution in [0.15, 0.2) is 24.3 Å². The summed E-state index contributed by atoms with van der Waals surface area (Å²) in [6.45, 7) is 4.63. The summed E-state index contributed by atoms with van der Waals surface area (Å²) in [4.78, 5) is 12.3. The number of ketones is 1. The molecule has 0 amide bonds. The number of aryl methyl sites for hydroxylation is 1. The summed E-state index contributed by atoms with van der Waals surface area (Å²) in [5.41, 5.74) is 1.33. The molecule has 0 radical (unpaired) electrons. The zero-order valence-electron chi connectivity index (χ0n) is 9.95. The second kappa shape index (κ2) is 4.38. The minimum absolute atomic E-state index is 0.118. The average Bonchev–Trinajstić information content (AvgIpc) is 2.30. The third-order valence-electron chi connectivity index (χ3n) is 3.26. The summed E-state index contributed by atoms with van der Waals surface area (Å²) in [6, 6.07) is 7.72. The van der Waals surface area contributed by atoms with Gasteiger partial charge in [-0.15, -0.1) is 0 Å². The summed E-state index contributed by atoms with van der Waals surface area (Å²) >= 11 is 0. The molecule has 1 aliphatic rings. The van der Waals surface area contributed by atoms with Gasteiger partial charge in [-0.3, -0.25) is 4.79 Å². The molecule has 0 aromatic heterocycles. The maximum atomic E-state index is 12.3. The molecule has 1 aliphatic heterocycles. The predicted molar refractivity (Wildman–Crippen MR) is 63.7 cm³/mol. The maximum absolute atomic E-state index is 12.3.